The van der Waals surface area contributed by atoms with Crippen molar-refractivity contribution in [2.45, 2.75) is 33.2 Å². The van der Waals surface area contributed by atoms with Gasteiger partial charge in [0.1, 0.15) is 12.3 Å². The summed E-state index contributed by atoms with van der Waals surface area (Å²) >= 11 is 0. The van der Waals surface area contributed by atoms with E-state index in [1.54, 1.807) is 4.90 Å². The van der Waals surface area contributed by atoms with Crippen LogP contribution < -0.4 is 15.0 Å². The Bertz CT molecular complexity index is 1050. The molecule has 11 heteroatoms. The number of hydrogen-bond acceptors (Lipinski definition) is 6. The van der Waals surface area contributed by atoms with Crippen LogP contribution in [-0.4, -0.2) is 70.6 Å². The van der Waals surface area contributed by atoms with E-state index in [9.17, 15) is 14.4 Å². The third kappa shape index (κ3) is 5.30. The lowest BCUT2D eigenvalue weighted by Crippen LogP contribution is -2.47. The topological polar surface area (TPSA) is 145 Å². The van der Waals surface area contributed by atoms with Gasteiger partial charge in [-0.1, -0.05) is 13.0 Å². The fraction of sp³-hybridized carbons (Fsp3) is 0.409. The zero-order valence-electron chi connectivity index (χ0n) is 18.6. The molecule has 3 amide bonds. The number of carbonyl (C=O) groups excluding carboxylic acids is 3. The fourth-order valence-electron chi connectivity index (χ4n) is 3.76. The van der Waals surface area contributed by atoms with Gasteiger partial charge in [-0.2, -0.15) is 5.10 Å². The number of anilines is 1. The van der Waals surface area contributed by atoms with Gasteiger partial charge in [0.2, 0.25) is 5.91 Å². The van der Waals surface area contributed by atoms with Gasteiger partial charge in [0.15, 0.2) is 12.3 Å². The summed E-state index contributed by atoms with van der Waals surface area (Å²) in [6.45, 7) is 4.94. The summed E-state index contributed by atoms with van der Waals surface area (Å²) in [5, 5.41) is 16.8. The lowest BCUT2D eigenvalue weighted by molar-refractivity contribution is -0.132. The molecule has 0 bridgehead atoms. The number of carboxylic acid groups (broad SMARTS) is 1. The zero-order valence-corrected chi connectivity index (χ0v) is 18.6. The van der Waals surface area contributed by atoms with Crippen molar-refractivity contribution in [3.8, 4) is 5.75 Å². The van der Waals surface area contributed by atoms with Gasteiger partial charge in [0.05, 0.1) is 17.9 Å². The van der Waals surface area contributed by atoms with E-state index in [2.05, 4.69) is 15.5 Å². The van der Waals surface area contributed by atoms with Gasteiger partial charge in [-0.25, -0.2) is 0 Å². The molecule has 33 heavy (non-hydrogen) atoms. The second-order valence-corrected chi connectivity index (χ2v) is 7.70. The molecule has 0 fully saturated rings. The van der Waals surface area contributed by atoms with Crippen LogP contribution in [0.4, 0.5) is 5.69 Å². The van der Waals surface area contributed by atoms with E-state index >= 15 is 0 Å². The smallest absolute Gasteiger partial charge is 0.290 e. The Morgan fingerprint density at radius 1 is 1.36 bits per heavy atom. The van der Waals surface area contributed by atoms with Crippen LogP contribution in [-0.2, 0) is 27.3 Å². The Morgan fingerprint density at radius 3 is 2.85 bits per heavy atom. The minimum atomic E-state index is -0.250. The molecule has 0 atom stereocenters. The maximum Gasteiger partial charge on any atom is 0.290 e. The molecule has 176 valence electrons. The molecular weight excluding hydrogens is 430 g/mol. The largest absolute Gasteiger partial charge is 0.483 e. The van der Waals surface area contributed by atoms with Crippen LogP contribution in [0.15, 0.2) is 18.2 Å². The van der Waals surface area contributed by atoms with Crippen molar-refractivity contribution in [3.05, 3.63) is 40.7 Å². The molecule has 4 rings (SSSR count). The van der Waals surface area contributed by atoms with Crippen molar-refractivity contribution in [1.82, 2.24) is 20.4 Å². The Hall–Kier alpha value is -3.89. The molecule has 0 unspecified atom stereocenters. The van der Waals surface area contributed by atoms with Crippen LogP contribution in [0.25, 0.3) is 0 Å². The summed E-state index contributed by atoms with van der Waals surface area (Å²) in [4.78, 5) is 49.2. The summed E-state index contributed by atoms with van der Waals surface area (Å²) in [5.41, 5.74) is 3.63. The summed E-state index contributed by atoms with van der Waals surface area (Å²) in [6, 6.07) is 5.58. The minimum Gasteiger partial charge on any atom is -0.483 e. The normalized spacial score (nSPS) is 14.3. The molecule has 2 aromatic rings. The van der Waals surface area contributed by atoms with E-state index < -0.39 is 0 Å². The van der Waals surface area contributed by atoms with Crippen molar-refractivity contribution >= 4 is 29.9 Å². The molecule has 0 saturated carbocycles. The first-order valence-electron chi connectivity index (χ1n) is 10.6. The Labute approximate surface area is 190 Å². The second kappa shape index (κ2) is 10.6. The lowest BCUT2D eigenvalue weighted by atomic mass is 10.0. The molecule has 0 radical (unpaired) electrons. The molecule has 1 aromatic carbocycles. The molecule has 3 heterocycles. The number of carbonyl (C=O) groups is 4. The van der Waals surface area contributed by atoms with Crippen LogP contribution in [0.1, 0.15) is 40.7 Å². The Kier molecular flexibility index (Phi) is 7.65. The quantitative estimate of drug-likeness (QED) is 0.565. The number of aromatic amines is 1. The van der Waals surface area contributed by atoms with Gasteiger partial charge in [0.25, 0.3) is 18.3 Å². The lowest BCUT2D eigenvalue weighted by Gasteiger charge is -2.32. The van der Waals surface area contributed by atoms with Crippen LogP contribution >= 0.6 is 0 Å². The number of amides is 3. The van der Waals surface area contributed by atoms with Gasteiger partial charge in [0, 0.05) is 18.7 Å². The first-order chi connectivity index (χ1) is 15.9. The number of aryl methyl sites for hydroxylation is 1. The minimum absolute atomic E-state index is 0.0496. The van der Waals surface area contributed by atoms with E-state index in [4.69, 9.17) is 14.6 Å². The second-order valence-electron chi connectivity index (χ2n) is 7.70. The van der Waals surface area contributed by atoms with Crippen LogP contribution in [0.5, 0.6) is 5.75 Å². The van der Waals surface area contributed by atoms with E-state index in [-0.39, 0.29) is 37.3 Å². The molecule has 1 aromatic heterocycles. The summed E-state index contributed by atoms with van der Waals surface area (Å²) in [5.74, 6) is 0.00996. The summed E-state index contributed by atoms with van der Waals surface area (Å²) in [6.07, 6.45) is 1.39. The SMILES string of the molecule is CCCNC(=O)c1n[nH]c2c1CCN(C(=O)CN1C(=O)COc3ccc(C)cc31)C2.O=CO. The molecule has 2 aliphatic rings. The van der Waals surface area contributed by atoms with E-state index in [1.165, 1.54) is 4.90 Å². The summed E-state index contributed by atoms with van der Waals surface area (Å²) < 4.78 is 5.48. The third-order valence-corrected chi connectivity index (χ3v) is 5.39. The van der Waals surface area contributed by atoms with E-state index in [1.807, 2.05) is 32.0 Å². The highest BCUT2D eigenvalue weighted by Gasteiger charge is 2.32. The number of aromatic nitrogens is 2. The zero-order chi connectivity index (χ0) is 24.0. The van der Waals surface area contributed by atoms with Crippen molar-refractivity contribution in [2.75, 3.05) is 31.1 Å². The third-order valence-electron chi connectivity index (χ3n) is 5.39. The Balaban J connectivity index is 0.000000968. The predicted molar refractivity (Wildman–Crippen MR) is 118 cm³/mol. The number of nitrogens with one attached hydrogen (secondary N) is 2. The van der Waals surface area contributed by atoms with Gasteiger partial charge < -0.3 is 20.1 Å². The molecule has 11 nitrogen and oxygen atoms in total. The molecule has 0 aliphatic carbocycles. The number of nitrogens with zero attached hydrogens (tertiary/aromatic N) is 3. The molecular formula is C22H27N5O6. The highest BCUT2D eigenvalue weighted by atomic mass is 16.5. The van der Waals surface area contributed by atoms with E-state index in [0.717, 1.165) is 23.2 Å². The standard InChI is InChI=1S/C21H25N5O4.CH2O2/c1-3-7-22-21(29)20-14-6-8-25(10-15(14)23-24-20)18(27)11-26-16-9-13(2)4-5-17(16)30-12-19(26)28;2-1-3/h4-5,9H,3,6-8,10-12H2,1-2H3,(H,22,29)(H,23,24);1H,(H,2,3). The van der Waals surface area contributed by atoms with E-state index in [0.29, 0.717) is 43.2 Å². The number of H-pyrrole nitrogens is 1. The van der Waals surface area contributed by atoms with Crippen LogP contribution in [0.2, 0.25) is 0 Å². The van der Waals surface area contributed by atoms with Gasteiger partial charge in [-0.15, -0.1) is 0 Å². The number of benzene rings is 1. The number of rotatable bonds is 5. The molecule has 0 saturated heterocycles. The van der Waals surface area contributed by atoms with Gasteiger partial charge in [-0.05, 0) is 37.5 Å². The maximum atomic E-state index is 13.0. The monoisotopic (exact) mass is 457 g/mol. The van der Waals surface area contributed by atoms with Gasteiger partial charge in [-0.3, -0.25) is 29.2 Å². The van der Waals surface area contributed by atoms with Crippen molar-refractivity contribution in [2.24, 2.45) is 0 Å². The predicted octanol–water partition coefficient (Wildman–Crippen LogP) is 0.869. The molecule has 0 spiro atoms. The first kappa shape index (κ1) is 23.8. The molecule has 2 aliphatic heterocycles. The average molecular weight is 457 g/mol. The maximum absolute atomic E-state index is 13.0. The van der Waals surface area contributed by atoms with Gasteiger partial charge >= 0.3 is 0 Å². The van der Waals surface area contributed by atoms with Crippen LogP contribution in [0.3, 0.4) is 0 Å². The highest BCUT2D eigenvalue weighted by Crippen LogP contribution is 2.33. The highest BCUT2D eigenvalue weighted by molar-refractivity contribution is 6.02. The summed E-state index contributed by atoms with van der Waals surface area (Å²) in [7, 11) is 0. The van der Waals surface area contributed by atoms with Crippen molar-refractivity contribution in [1.29, 1.82) is 0 Å². The van der Waals surface area contributed by atoms with Crippen LogP contribution in [0, 0.1) is 6.92 Å². The molecule has 3 N–H and O–H groups in total. The average Bonchev–Trinajstić information content (AvgIpc) is 3.23. The fourth-order valence-corrected chi connectivity index (χ4v) is 3.76. The first-order valence-corrected chi connectivity index (χ1v) is 10.6. The van der Waals surface area contributed by atoms with Crippen molar-refractivity contribution < 1.29 is 29.0 Å². The number of ether oxygens (including phenoxy) is 1. The Morgan fingerprint density at radius 2 is 2.12 bits per heavy atom. The number of hydrogen-bond donors (Lipinski definition) is 3. The van der Waals surface area contributed by atoms with Crippen molar-refractivity contribution in [3.63, 3.8) is 0 Å². The number of fused-ring (bicyclic) bond motifs is 2.